The topological polar surface area (TPSA) is 80.5 Å². The summed E-state index contributed by atoms with van der Waals surface area (Å²) in [6.45, 7) is 7.13. The van der Waals surface area contributed by atoms with E-state index in [1.165, 1.54) is 0 Å². The van der Waals surface area contributed by atoms with Gasteiger partial charge in [-0.1, -0.05) is 13.3 Å². The lowest BCUT2D eigenvalue weighted by Gasteiger charge is -2.26. The second kappa shape index (κ2) is 8.59. The Kier molecular flexibility index (Phi) is 7.11. The fourth-order valence-electron chi connectivity index (χ4n) is 2.12. The van der Waals surface area contributed by atoms with Crippen LogP contribution < -0.4 is 11.3 Å². The normalized spacial score (nSPS) is 10.8. The van der Waals surface area contributed by atoms with Gasteiger partial charge in [-0.3, -0.25) is 4.79 Å². The van der Waals surface area contributed by atoms with Crippen molar-refractivity contribution in [3.63, 3.8) is 0 Å². The van der Waals surface area contributed by atoms with E-state index in [9.17, 15) is 4.79 Å². The van der Waals surface area contributed by atoms with Gasteiger partial charge in [0.1, 0.15) is 5.82 Å². The van der Waals surface area contributed by atoms with Crippen LogP contribution in [0.25, 0.3) is 0 Å². The average molecular weight is 294 g/mol. The third kappa shape index (κ3) is 4.99. The van der Waals surface area contributed by atoms with Gasteiger partial charge in [-0.05, 0) is 32.4 Å². The van der Waals surface area contributed by atoms with Crippen molar-refractivity contribution in [2.75, 3.05) is 25.7 Å². The number of carbonyl (C=O) groups is 1. The maximum absolute atomic E-state index is 12.7. The van der Waals surface area contributed by atoms with Crippen molar-refractivity contribution in [1.82, 2.24) is 9.88 Å². The minimum absolute atomic E-state index is 0.0293. The Balaban J connectivity index is 3.05. The van der Waals surface area contributed by atoms with E-state index in [1.807, 2.05) is 19.9 Å². The molecule has 0 aliphatic heterocycles. The van der Waals surface area contributed by atoms with Crippen LogP contribution in [0.5, 0.6) is 0 Å². The Morgan fingerprint density at radius 2 is 2.19 bits per heavy atom. The van der Waals surface area contributed by atoms with E-state index >= 15 is 0 Å². The van der Waals surface area contributed by atoms with Crippen LogP contribution >= 0.6 is 0 Å². The average Bonchev–Trinajstić information content (AvgIpc) is 2.47. The molecular formula is C15H26N4O2. The van der Waals surface area contributed by atoms with Gasteiger partial charge in [0, 0.05) is 31.0 Å². The van der Waals surface area contributed by atoms with Crippen LogP contribution in [0, 0.1) is 0 Å². The van der Waals surface area contributed by atoms with Crippen LogP contribution in [0.4, 0.5) is 5.82 Å². The summed E-state index contributed by atoms with van der Waals surface area (Å²) in [6.07, 6.45) is 1.78. The highest BCUT2D eigenvalue weighted by atomic mass is 16.5. The van der Waals surface area contributed by atoms with Gasteiger partial charge >= 0.3 is 0 Å². The molecular weight excluding hydrogens is 268 g/mol. The molecule has 1 rings (SSSR count). The molecule has 0 fully saturated rings. The van der Waals surface area contributed by atoms with Crippen LogP contribution in [0.3, 0.4) is 0 Å². The largest absolute Gasteiger partial charge is 0.383 e. The molecule has 21 heavy (non-hydrogen) atoms. The molecule has 0 saturated heterocycles. The zero-order chi connectivity index (χ0) is 15.8. The van der Waals surface area contributed by atoms with E-state index < -0.39 is 0 Å². The first kappa shape index (κ1) is 17.4. The zero-order valence-corrected chi connectivity index (χ0v) is 13.3. The Bertz CT molecular complexity index is 463. The molecule has 0 aliphatic carbocycles. The first-order chi connectivity index (χ1) is 10.0. The molecule has 0 saturated carbocycles. The number of amides is 1. The van der Waals surface area contributed by atoms with E-state index in [-0.39, 0.29) is 11.9 Å². The van der Waals surface area contributed by atoms with Gasteiger partial charge in [-0.2, -0.15) is 0 Å². The highest BCUT2D eigenvalue weighted by Crippen LogP contribution is 2.15. The maximum Gasteiger partial charge on any atom is 0.254 e. The lowest BCUT2D eigenvalue weighted by atomic mass is 10.1. The maximum atomic E-state index is 12.7. The number of nitrogens with one attached hydrogen (secondary N) is 1. The summed E-state index contributed by atoms with van der Waals surface area (Å²) in [6, 6.07) is 3.63. The van der Waals surface area contributed by atoms with E-state index in [0.717, 1.165) is 18.5 Å². The number of pyridine rings is 1. The number of hydrazine groups is 1. The third-order valence-electron chi connectivity index (χ3n) is 3.20. The van der Waals surface area contributed by atoms with Gasteiger partial charge in [-0.15, -0.1) is 0 Å². The number of hydrogen-bond acceptors (Lipinski definition) is 5. The standard InChI is InChI=1S/C15H26N4O2/c1-5-6-13-9-12(10-14(17-13)18-16)15(20)19(11(2)3)7-8-21-4/h9-11H,5-8,16H2,1-4H3,(H,17,18). The van der Waals surface area contributed by atoms with Crippen molar-refractivity contribution in [1.29, 1.82) is 0 Å². The van der Waals surface area contributed by atoms with E-state index in [2.05, 4.69) is 17.3 Å². The molecule has 3 N–H and O–H groups in total. The van der Waals surface area contributed by atoms with Gasteiger partial charge in [0.2, 0.25) is 0 Å². The fourth-order valence-corrected chi connectivity index (χ4v) is 2.12. The minimum Gasteiger partial charge on any atom is -0.383 e. The predicted octanol–water partition coefficient (Wildman–Crippen LogP) is 1.82. The van der Waals surface area contributed by atoms with Crippen LogP contribution in [-0.4, -0.2) is 42.1 Å². The van der Waals surface area contributed by atoms with Crippen molar-refractivity contribution in [2.24, 2.45) is 5.84 Å². The number of methoxy groups -OCH3 is 1. The zero-order valence-electron chi connectivity index (χ0n) is 13.3. The molecule has 1 heterocycles. The van der Waals surface area contributed by atoms with Gasteiger partial charge < -0.3 is 15.1 Å². The van der Waals surface area contributed by atoms with Gasteiger partial charge in [-0.25, -0.2) is 10.8 Å². The molecule has 0 spiro atoms. The first-order valence-corrected chi connectivity index (χ1v) is 7.31. The number of nitrogen functional groups attached to an aromatic ring is 1. The highest BCUT2D eigenvalue weighted by molar-refractivity contribution is 5.95. The monoisotopic (exact) mass is 294 g/mol. The van der Waals surface area contributed by atoms with Gasteiger partial charge in [0.05, 0.1) is 6.61 Å². The number of aromatic nitrogens is 1. The number of rotatable bonds is 8. The molecule has 118 valence electrons. The van der Waals surface area contributed by atoms with Crippen LogP contribution in [-0.2, 0) is 11.2 Å². The van der Waals surface area contributed by atoms with E-state index in [1.54, 1.807) is 18.1 Å². The van der Waals surface area contributed by atoms with Crippen molar-refractivity contribution in [3.05, 3.63) is 23.4 Å². The number of nitrogens with two attached hydrogens (primary N) is 1. The summed E-state index contributed by atoms with van der Waals surface area (Å²) in [5.41, 5.74) is 4.00. The van der Waals surface area contributed by atoms with E-state index in [4.69, 9.17) is 10.6 Å². The lowest BCUT2D eigenvalue weighted by molar-refractivity contribution is 0.0635. The second-order valence-electron chi connectivity index (χ2n) is 5.21. The van der Waals surface area contributed by atoms with Gasteiger partial charge in [0.25, 0.3) is 5.91 Å². The van der Waals surface area contributed by atoms with Crippen molar-refractivity contribution in [3.8, 4) is 0 Å². The summed E-state index contributed by atoms with van der Waals surface area (Å²) >= 11 is 0. The van der Waals surface area contributed by atoms with Crippen molar-refractivity contribution >= 4 is 11.7 Å². The van der Waals surface area contributed by atoms with E-state index in [0.29, 0.717) is 24.5 Å². The quantitative estimate of drug-likeness (QED) is 0.564. The fraction of sp³-hybridized carbons (Fsp3) is 0.600. The van der Waals surface area contributed by atoms with Crippen LogP contribution in [0.15, 0.2) is 12.1 Å². The molecule has 0 atom stereocenters. The summed E-state index contributed by atoms with van der Waals surface area (Å²) < 4.78 is 5.08. The molecule has 0 aromatic carbocycles. The Morgan fingerprint density at radius 3 is 2.71 bits per heavy atom. The van der Waals surface area contributed by atoms with Gasteiger partial charge in [0.15, 0.2) is 0 Å². The second-order valence-corrected chi connectivity index (χ2v) is 5.21. The number of ether oxygens (including phenoxy) is 1. The summed E-state index contributed by atoms with van der Waals surface area (Å²) in [5.74, 6) is 5.93. The predicted molar refractivity (Wildman–Crippen MR) is 84.1 cm³/mol. The number of anilines is 1. The molecule has 6 nitrogen and oxygen atoms in total. The molecule has 0 radical (unpaired) electrons. The number of nitrogens with zero attached hydrogens (tertiary/aromatic N) is 2. The molecule has 1 aromatic rings. The number of aryl methyl sites for hydroxylation is 1. The molecule has 0 bridgehead atoms. The Hall–Kier alpha value is -1.66. The summed E-state index contributed by atoms with van der Waals surface area (Å²) in [5, 5.41) is 0. The molecule has 0 aliphatic rings. The Morgan fingerprint density at radius 1 is 1.48 bits per heavy atom. The SMILES string of the molecule is CCCc1cc(C(=O)N(CCOC)C(C)C)cc(NN)n1. The summed E-state index contributed by atoms with van der Waals surface area (Å²) in [7, 11) is 1.63. The Labute approximate surface area is 126 Å². The molecule has 0 unspecified atom stereocenters. The highest BCUT2D eigenvalue weighted by Gasteiger charge is 2.19. The third-order valence-corrected chi connectivity index (χ3v) is 3.20. The number of hydrogen-bond donors (Lipinski definition) is 2. The smallest absolute Gasteiger partial charge is 0.254 e. The summed E-state index contributed by atoms with van der Waals surface area (Å²) in [4.78, 5) is 18.8. The minimum atomic E-state index is -0.0293. The van der Waals surface area contributed by atoms with Crippen molar-refractivity contribution in [2.45, 2.75) is 39.7 Å². The lowest BCUT2D eigenvalue weighted by Crippen LogP contribution is -2.39. The van der Waals surface area contributed by atoms with Crippen LogP contribution in [0.1, 0.15) is 43.2 Å². The molecule has 1 aromatic heterocycles. The number of carbonyl (C=O) groups excluding carboxylic acids is 1. The van der Waals surface area contributed by atoms with Crippen molar-refractivity contribution < 1.29 is 9.53 Å². The molecule has 6 heteroatoms. The first-order valence-electron chi connectivity index (χ1n) is 7.31. The molecule has 1 amide bonds. The van der Waals surface area contributed by atoms with Crippen LogP contribution in [0.2, 0.25) is 0 Å².